The van der Waals surface area contributed by atoms with E-state index in [0.29, 0.717) is 5.69 Å². The van der Waals surface area contributed by atoms with Crippen molar-refractivity contribution in [2.45, 2.75) is 25.9 Å². The van der Waals surface area contributed by atoms with Crippen molar-refractivity contribution in [1.29, 1.82) is 0 Å². The molecule has 2 aliphatic heterocycles. The number of rotatable bonds is 3. The molecule has 0 unspecified atom stereocenters. The van der Waals surface area contributed by atoms with Crippen LogP contribution in [0.5, 0.6) is 0 Å². The number of carbonyl (C=O) groups is 1. The molecule has 166 valence electrons. The van der Waals surface area contributed by atoms with Crippen molar-refractivity contribution >= 4 is 16.8 Å². The lowest BCUT2D eigenvalue weighted by molar-refractivity contribution is -0.162. The third-order valence-electron chi connectivity index (χ3n) is 7.11. The second kappa shape index (κ2) is 8.18. The molecule has 6 rings (SSSR count). The number of aryl methyl sites for hydroxylation is 1. The summed E-state index contributed by atoms with van der Waals surface area (Å²) in [6.45, 7) is 3.13. The van der Waals surface area contributed by atoms with Crippen LogP contribution in [0.15, 0.2) is 78.9 Å². The fraction of sp³-hybridized carbons (Fsp3) is 0.250. The average molecular weight is 437 g/mol. The van der Waals surface area contributed by atoms with Crippen molar-refractivity contribution < 1.29 is 4.79 Å². The topological polar surface area (TPSA) is 31.7 Å². The molecular formula is C28H28N4O. The summed E-state index contributed by atoms with van der Waals surface area (Å²) in [5.74, 6) is 0.0347. The van der Waals surface area contributed by atoms with E-state index in [0.717, 1.165) is 49.9 Å². The highest BCUT2D eigenvalue weighted by atomic mass is 16.2. The summed E-state index contributed by atoms with van der Waals surface area (Å²) in [4.78, 5) is 14.2. The van der Waals surface area contributed by atoms with Gasteiger partial charge in [0.2, 0.25) is 0 Å². The minimum absolute atomic E-state index is 0.0347. The molecule has 5 nitrogen and oxygen atoms in total. The van der Waals surface area contributed by atoms with Crippen LogP contribution >= 0.6 is 0 Å². The van der Waals surface area contributed by atoms with Crippen LogP contribution in [-0.2, 0) is 33.0 Å². The van der Waals surface area contributed by atoms with E-state index in [-0.39, 0.29) is 5.91 Å². The molecule has 1 aromatic heterocycles. The monoisotopic (exact) mass is 436 g/mol. The number of amides is 1. The summed E-state index contributed by atoms with van der Waals surface area (Å²) in [5.41, 5.74) is 7.17. The minimum atomic E-state index is 0.0347. The van der Waals surface area contributed by atoms with Crippen LogP contribution in [0.2, 0.25) is 0 Å². The van der Waals surface area contributed by atoms with Crippen LogP contribution in [-0.4, -0.2) is 38.7 Å². The second-order valence-corrected chi connectivity index (χ2v) is 9.06. The molecule has 0 bridgehead atoms. The van der Waals surface area contributed by atoms with Gasteiger partial charge in [0.25, 0.3) is 5.91 Å². The minimum Gasteiger partial charge on any atom is -0.340 e. The second-order valence-electron chi connectivity index (χ2n) is 9.06. The fourth-order valence-electron chi connectivity index (χ4n) is 5.32. The van der Waals surface area contributed by atoms with E-state index in [2.05, 4.69) is 70.7 Å². The molecule has 0 N–H and O–H groups in total. The molecule has 0 saturated carbocycles. The first-order chi connectivity index (χ1) is 16.2. The Morgan fingerprint density at radius 2 is 1.24 bits per heavy atom. The van der Waals surface area contributed by atoms with Crippen LogP contribution in [0.3, 0.4) is 0 Å². The maximum Gasteiger partial charge on any atom is 0.299 e. The van der Waals surface area contributed by atoms with Crippen molar-refractivity contribution in [3.8, 4) is 0 Å². The maximum atomic E-state index is 14.2. The van der Waals surface area contributed by atoms with E-state index in [1.54, 1.807) is 0 Å². The number of aromatic nitrogens is 1. The summed E-state index contributed by atoms with van der Waals surface area (Å²) in [6, 6.07) is 27.4. The van der Waals surface area contributed by atoms with Gasteiger partial charge in [0.1, 0.15) is 5.69 Å². The lowest BCUT2D eigenvalue weighted by Crippen LogP contribution is -2.58. The summed E-state index contributed by atoms with van der Waals surface area (Å²) >= 11 is 0. The predicted molar refractivity (Wildman–Crippen MR) is 130 cm³/mol. The number of carbonyl (C=O) groups excluding carboxylic acids is 1. The first kappa shape index (κ1) is 20.2. The number of hydrogen-bond donors (Lipinski definition) is 0. The zero-order valence-electron chi connectivity index (χ0n) is 18.9. The Bertz CT molecular complexity index is 1280. The third-order valence-corrected chi connectivity index (χ3v) is 7.11. The molecule has 3 heterocycles. The van der Waals surface area contributed by atoms with Gasteiger partial charge in [0.15, 0.2) is 0 Å². The number of hydrazine groups is 2. The molecule has 0 radical (unpaired) electrons. The van der Waals surface area contributed by atoms with Gasteiger partial charge in [-0.1, -0.05) is 66.7 Å². The summed E-state index contributed by atoms with van der Waals surface area (Å²) in [7, 11) is 1.99. The van der Waals surface area contributed by atoms with Gasteiger partial charge in [-0.3, -0.25) is 4.79 Å². The number of hydrogen-bond acceptors (Lipinski definition) is 3. The van der Waals surface area contributed by atoms with Crippen molar-refractivity contribution in [2.75, 3.05) is 13.1 Å². The lowest BCUT2D eigenvalue weighted by Gasteiger charge is -2.45. The van der Waals surface area contributed by atoms with E-state index >= 15 is 0 Å². The highest BCUT2D eigenvalue weighted by molar-refractivity contribution is 5.98. The molecule has 4 aromatic rings. The van der Waals surface area contributed by atoms with Crippen LogP contribution in [0.1, 0.15) is 32.7 Å². The Morgan fingerprint density at radius 3 is 1.82 bits per heavy atom. The first-order valence-electron chi connectivity index (χ1n) is 11.7. The summed E-state index contributed by atoms with van der Waals surface area (Å²) in [6.07, 6.45) is 1.89. The standard InChI is InChI=1S/C28H28N4O/c1-29-26-13-7-6-10-23(26)18-27(29)28(33)32(30-16-14-21-8-2-4-11-24(21)19-30)31-17-15-22-9-3-5-12-25(22)20-31/h2-13,18H,14-17,19-20H2,1H3. The molecule has 0 atom stereocenters. The van der Waals surface area contributed by atoms with Crippen LogP contribution < -0.4 is 0 Å². The van der Waals surface area contributed by atoms with Crippen molar-refractivity contribution in [3.05, 3.63) is 107 Å². The van der Waals surface area contributed by atoms with Crippen molar-refractivity contribution in [3.63, 3.8) is 0 Å². The van der Waals surface area contributed by atoms with Gasteiger partial charge in [-0.25, -0.2) is 0 Å². The van der Waals surface area contributed by atoms with Crippen molar-refractivity contribution in [2.24, 2.45) is 7.05 Å². The van der Waals surface area contributed by atoms with Gasteiger partial charge in [-0.2, -0.15) is 15.1 Å². The molecule has 0 spiro atoms. The Morgan fingerprint density at radius 1 is 0.727 bits per heavy atom. The molecule has 33 heavy (non-hydrogen) atoms. The predicted octanol–water partition coefficient (Wildman–Crippen LogP) is 4.57. The molecule has 0 fully saturated rings. The fourth-order valence-corrected chi connectivity index (χ4v) is 5.32. The average Bonchev–Trinajstić information content (AvgIpc) is 3.20. The number of para-hydroxylation sites is 1. The summed E-state index contributed by atoms with van der Waals surface area (Å²) in [5, 5.41) is 7.50. The molecule has 0 saturated heterocycles. The molecule has 5 heteroatoms. The van der Waals surface area contributed by atoms with Gasteiger partial charge < -0.3 is 4.57 Å². The Kier molecular flexibility index (Phi) is 5.01. The zero-order valence-corrected chi connectivity index (χ0v) is 18.9. The van der Waals surface area contributed by atoms with Gasteiger partial charge >= 0.3 is 0 Å². The van der Waals surface area contributed by atoms with Gasteiger partial charge in [0.05, 0.1) is 0 Å². The van der Waals surface area contributed by atoms with E-state index in [1.807, 2.05) is 34.9 Å². The highest BCUT2D eigenvalue weighted by Gasteiger charge is 2.34. The van der Waals surface area contributed by atoms with Gasteiger partial charge in [-0.15, -0.1) is 0 Å². The van der Waals surface area contributed by atoms with Gasteiger partial charge in [0, 0.05) is 44.1 Å². The van der Waals surface area contributed by atoms with E-state index in [4.69, 9.17) is 0 Å². The molecule has 0 aliphatic carbocycles. The maximum absolute atomic E-state index is 14.2. The zero-order chi connectivity index (χ0) is 22.4. The molecule has 2 aliphatic rings. The van der Waals surface area contributed by atoms with E-state index < -0.39 is 0 Å². The molecule has 3 aromatic carbocycles. The first-order valence-corrected chi connectivity index (χ1v) is 11.7. The Labute approximate surface area is 194 Å². The number of nitrogens with zero attached hydrogens (tertiary/aromatic N) is 4. The van der Waals surface area contributed by atoms with Crippen LogP contribution in [0.4, 0.5) is 0 Å². The largest absolute Gasteiger partial charge is 0.340 e. The van der Waals surface area contributed by atoms with E-state index in [9.17, 15) is 4.79 Å². The van der Waals surface area contributed by atoms with Crippen molar-refractivity contribution in [1.82, 2.24) is 19.7 Å². The Hall–Kier alpha value is -3.41. The normalized spacial score (nSPS) is 16.4. The molecule has 1 amide bonds. The smallest absolute Gasteiger partial charge is 0.299 e. The lowest BCUT2D eigenvalue weighted by atomic mass is 10.0. The summed E-state index contributed by atoms with van der Waals surface area (Å²) < 4.78 is 2.03. The quantitative estimate of drug-likeness (QED) is 0.472. The molecular weight excluding hydrogens is 408 g/mol. The number of fused-ring (bicyclic) bond motifs is 3. The van der Waals surface area contributed by atoms with Crippen LogP contribution in [0.25, 0.3) is 10.9 Å². The Balaban J connectivity index is 1.40. The van der Waals surface area contributed by atoms with Crippen LogP contribution in [0, 0.1) is 0 Å². The van der Waals surface area contributed by atoms with E-state index in [1.165, 1.54) is 22.3 Å². The van der Waals surface area contributed by atoms with Gasteiger partial charge in [-0.05, 0) is 47.2 Å². The number of benzene rings is 3. The highest BCUT2D eigenvalue weighted by Crippen LogP contribution is 2.28. The third kappa shape index (κ3) is 3.54. The SMILES string of the molecule is Cn1c(C(=O)N(N2CCc3ccccc3C2)N2CCc3ccccc3C2)cc2ccccc21.